The molecule has 2 bridgehead atoms. The maximum atomic E-state index is 6.00. The van der Waals surface area contributed by atoms with Crippen LogP contribution in [-0.2, 0) is 0 Å². The molecular weight excluding hydrogens is 294 g/mol. The summed E-state index contributed by atoms with van der Waals surface area (Å²) in [6, 6.07) is 9.33. The van der Waals surface area contributed by atoms with Crippen LogP contribution in [-0.4, -0.2) is 23.5 Å². The third-order valence-corrected chi connectivity index (χ3v) is 6.04. The van der Waals surface area contributed by atoms with Crippen LogP contribution in [0.25, 0.3) is 0 Å². The molecule has 0 radical (unpaired) electrons. The van der Waals surface area contributed by atoms with Gasteiger partial charge in [-0.1, -0.05) is 19.1 Å². The average molecular weight is 315 g/mol. The zero-order chi connectivity index (χ0) is 15.3. The van der Waals surface area contributed by atoms with E-state index in [0.29, 0.717) is 23.1 Å². The van der Waals surface area contributed by atoms with E-state index in [2.05, 4.69) is 35.0 Å². The van der Waals surface area contributed by atoms with Crippen LogP contribution in [0, 0.1) is 0 Å². The lowest BCUT2D eigenvalue weighted by molar-refractivity contribution is 0.0520. The number of anilines is 1. The number of hydrogen-bond acceptors (Lipinski definition) is 5. The van der Waals surface area contributed by atoms with Gasteiger partial charge in [0, 0.05) is 22.9 Å². The molecule has 3 atom stereocenters. The van der Waals surface area contributed by atoms with Crippen LogP contribution in [0.3, 0.4) is 0 Å². The van der Waals surface area contributed by atoms with E-state index < -0.39 is 0 Å². The molecule has 3 heterocycles. The number of benzene rings is 1. The number of ether oxygens (including phenoxy) is 1. The molecule has 1 aromatic carbocycles. The van der Waals surface area contributed by atoms with Crippen LogP contribution >= 0.6 is 11.3 Å². The van der Waals surface area contributed by atoms with Crippen LogP contribution in [0.4, 0.5) is 5.13 Å². The second kappa shape index (κ2) is 5.25. The second-order valence-corrected chi connectivity index (χ2v) is 7.12. The van der Waals surface area contributed by atoms with Crippen LogP contribution < -0.4 is 10.5 Å². The lowest BCUT2D eigenvalue weighted by Gasteiger charge is -2.50. The van der Waals surface area contributed by atoms with Gasteiger partial charge in [0.15, 0.2) is 5.13 Å². The van der Waals surface area contributed by atoms with E-state index in [1.807, 2.05) is 6.07 Å². The van der Waals surface area contributed by atoms with Crippen LogP contribution in [0.5, 0.6) is 5.75 Å². The first kappa shape index (κ1) is 14.0. The Kier molecular flexibility index (Phi) is 3.35. The number of fused-ring (bicyclic) bond motifs is 2. The van der Waals surface area contributed by atoms with Gasteiger partial charge in [-0.2, -0.15) is 0 Å². The van der Waals surface area contributed by atoms with Crippen molar-refractivity contribution < 1.29 is 4.74 Å². The van der Waals surface area contributed by atoms with Crippen molar-refractivity contribution in [1.29, 1.82) is 0 Å². The Morgan fingerprint density at radius 2 is 2.27 bits per heavy atom. The Bertz CT molecular complexity index is 699. The van der Waals surface area contributed by atoms with Crippen molar-refractivity contribution in [3.63, 3.8) is 0 Å². The van der Waals surface area contributed by atoms with Gasteiger partial charge in [-0.15, -0.1) is 11.3 Å². The number of methoxy groups -OCH3 is 1. The number of nitrogen functional groups attached to an aromatic ring is 1. The summed E-state index contributed by atoms with van der Waals surface area (Å²) in [5.41, 5.74) is 8.57. The molecule has 2 N–H and O–H groups in total. The fraction of sp³-hybridized carbons (Fsp3) is 0.471. The van der Waals surface area contributed by atoms with Crippen LogP contribution in [0.15, 0.2) is 24.3 Å². The van der Waals surface area contributed by atoms with E-state index >= 15 is 0 Å². The third kappa shape index (κ3) is 1.96. The minimum Gasteiger partial charge on any atom is -0.497 e. The monoisotopic (exact) mass is 315 g/mol. The van der Waals surface area contributed by atoms with Crippen molar-refractivity contribution in [3.05, 3.63) is 40.4 Å². The van der Waals surface area contributed by atoms with Crippen molar-refractivity contribution in [3.8, 4) is 5.75 Å². The Balaban J connectivity index is 1.82. The highest BCUT2D eigenvalue weighted by atomic mass is 32.1. The number of likely N-dealkylation sites (N-methyl/N-ethyl adjacent to an activating group) is 1. The van der Waals surface area contributed by atoms with Crippen LogP contribution in [0.1, 0.15) is 53.9 Å². The zero-order valence-corrected chi connectivity index (χ0v) is 13.8. The predicted octanol–water partition coefficient (Wildman–Crippen LogP) is 3.73. The van der Waals surface area contributed by atoms with Crippen molar-refractivity contribution in [1.82, 2.24) is 9.88 Å². The van der Waals surface area contributed by atoms with Gasteiger partial charge in [-0.3, -0.25) is 4.90 Å². The standard InChI is InChI=1S/C17H21N3OS/c1-3-20-13-8-7-12(14-16(13)22-17(18)19-14)15(20)10-5-4-6-11(9-10)21-2/h4-6,9,12-13,15H,3,7-8H2,1-2H3,(H2,18,19). The first-order valence-electron chi connectivity index (χ1n) is 7.88. The average Bonchev–Trinajstić information content (AvgIpc) is 2.97. The topological polar surface area (TPSA) is 51.4 Å². The molecule has 1 fully saturated rings. The van der Waals surface area contributed by atoms with Crippen molar-refractivity contribution in [2.24, 2.45) is 0 Å². The summed E-state index contributed by atoms with van der Waals surface area (Å²) in [4.78, 5) is 8.67. The van der Waals surface area contributed by atoms with Gasteiger partial charge >= 0.3 is 0 Å². The number of nitrogens with two attached hydrogens (primary N) is 1. The van der Waals surface area contributed by atoms with E-state index in [1.54, 1.807) is 18.4 Å². The molecule has 0 amide bonds. The zero-order valence-electron chi connectivity index (χ0n) is 13.0. The van der Waals surface area contributed by atoms with Crippen molar-refractivity contribution in [2.45, 2.75) is 37.8 Å². The molecule has 3 unspecified atom stereocenters. The number of piperidine rings is 1. The lowest BCUT2D eigenvalue weighted by Crippen LogP contribution is -2.44. The normalized spacial score (nSPS) is 26.9. The summed E-state index contributed by atoms with van der Waals surface area (Å²) in [5, 5.41) is 0.712. The highest BCUT2D eigenvalue weighted by Crippen LogP contribution is 2.57. The van der Waals surface area contributed by atoms with Gasteiger partial charge < -0.3 is 10.5 Å². The summed E-state index contributed by atoms with van der Waals surface area (Å²) in [6.07, 6.45) is 2.41. The Morgan fingerprint density at radius 3 is 3.05 bits per heavy atom. The first-order valence-corrected chi connectivity index (χ1v) is 8.70. The fourth-order valence-electron chi connectivity index (χ4n) is 4.19. The van der Waals surface area contributed by atoms with Gasteiger partial charge in [-0.05, 0) is 37.1 Å². The Hall–Kier alpha value is -1.59. The van der Waals surface area contributed by atoms with E-state index in [9.17, 15) is 0 Å². The van der Waals surface area contributed by atoms with Crippen molar-refractivity contribution >= 4 is 16.5 Å². The SMILES string of the molecule is CCN1C2CCC(c3nc(N)sc32)C1c1cccc(OC)c1. The quantitative estimate of drug-likeness (QED) is 0.937. The molecule has 1 aliphatic carbocycles. The molecule has 1 aromatic heterocycles. The number of thiazole rings is 1. The van der Waals surface area contributed by atoms with Crippen LogP contribution in [0.2, 0.25) is 0 Å². The first-order chi connectivity index (χ1) is 10.7. The molecule has 1 saturated heterocycles. The molecule has 0 saturated carbocycles. The molecule has 3 aliphatic rings. The molecule has 116 valence electrons. The maximum absolute atomic E-state index is 6.00. The van der Waals surface area contributed by atoms with E-state index in [4.69, 9.17) is 10.5 Å². The van der Waals surface area contributed by atoms with Crippen molar-refractivity contribution in [2.75, 3.05) is 19.4 Å². The fourth-order valence-corrected chi connectivity index (χ4v) is 5.25. The third-order valence-electron chi connectivity index (χ3n) is 5.04. The van der Waals surface area contributed by atoms with Gasteiger partial charge in [0.05, 0.1) is 12.8 Å². The van der Waals surface area contributed by atoms with Gasteiger partial charge in [0.25, 0.3) is 0 Å². The molecule has 22 heavy (non-hydrogen) atoms. The smallest absolute Gasteiger partial charge is 0.180 e. The maximum Gasteiger partial charge on any atom is 0.180 e. The minimum atomic E-state index is 0.382. The molecule has 2 aromatic rings. The molecule has 4 nitrogen and oxygen atoms in total. The van der Waals surface area contributed by atoms with Gasteiger partial charge in [0.2, 0.25) is 0 Å². The molecular formula is C17H21N3OS. The molecule has 5 heteroatoms. The highest BCUT2D eigenvalue weighted by molar-refractivity contribution is 7.15. The number of nitrogens with zero attached hydrogens (tertiary/aromatic N) is 2. The molecule has 0 spiro atoms. The largest absolute Gasteiger partial charge is 0.497 e. The highest BCUT2D eigenvalue weighted by Gasteiger charge is 2.47. The molecule has 5 rings (SSSR count). The van der Waals surface area contributed by atoms with Gasteiger partial charge in [-0.25, -0.2) is 4.98 Å². The second-order valence-electron chi connectivity index (χ2n) is 6.05. The summed E-state index contributed by atoms with van der Waals surface area (Å²) in [7, 11) is 1.73. The minimum absolute atomic E-state index is 0.382. The predicted molar refractivity (Wildman–Crippen MR) is 89.4 cm³/mol. The van der Waals surface area contributed by atoms with E-state index in [1.165, 1.54) is 29.0 Å². The van der Waals surface area contributed by atoms with E-state index in [-0.39, 0.29) is 0 Å². The van der Waals surface area contributed by atoms with E-state index in [0.717, 1.165) is 12.3 Å². The lowest BCUT2D eigenvalue weighted by atomic mass is 9.74. The summed E-state index contributed by atoms with van der Waals surface area (Å²) >= 11 is 1.68. The number of rotatable bonds is 3. The Morgan fingerprint density at radius 1 is 1.41 bits per heavy atom. The summed E-state index contributed by atoms with van der Waals surface area (Å²) in [5.74, 6) is 1.37. The Labute approximate surface area is 134 Å². The summed E-state index contributed by atoms with van der Waals surface area (Å²) < 4.78 is 5.42. The number of hydrogen-bond donors (Lipinski definition) is 1. The summed E-state index contributed by atoms with van der Waals surface area (Å²) in [6.45, 7) is 3.29. The van der Waals surface area contributed by atoms with Gasteiger partial charge in [0.1, 0.15) is 5.75 Å². The number of aromatic nitrogens is 1. The molecule has 2 aliphatic heterocycles.